The second-order valence-electron chi connectivity index (χ2n) is 6.02. The average Bonchev–Trinajstić information content (AvgIpc) is 2.94. The highest BCUT2D eigenvalue weighted by Gasteiger charge is 2.20. The highest BCUT2D eigenvalue weighted by Crippen LogP contribution is 2.30. The Morgan fingerprint density at radius 3 is 2.62 bits per heavy atom. The largest absolute Gasteiger partial charge is 0.497 e. The minimum Gasteiger partial charge on any atom is -0.497 e. The highest BCUT2D eigenvalue weighted by atomic mass is 16.5. The van der Waals surface area contributed by atoms with Gasteiger partial charge in [-0.25, -0.2) is 0 Å². The fourth-order valence-corrected chi connectivity index (χ4v) is 3.27. The van der Waals surface area contributed by atoms with E-state index in [4.69, 9.17) is 9.47 Å². The summed E-state index contributed by atoms with van der Waals surface area (Å²) in [5, 5.41) is 4.01. The van der Waals surface area contributed by atoms with E-state index in [2.05, 4.69) is 5.32 Å². The quantitative estimate of drug-likeness (QED) is 0.704. The molecule has 0 saturated heterocycles. The number of nitrogens with one attached hydrogen (secondary N) is 1. The molecule has 0 aliphatic heterocycles. The Hall–Kier alpha value is -2.95. The Kier molecular flexibility index (Phi) is 5.16. The van der Waals surface area contributed by atoms with E-state index in [-0.39, 0.29) is 5.91 Å². The van der Waals surface area contributed by atoms with Crippen LogP contribution in [0.25, 0.3) is 10.9 Å². The first-order valence-corrected chi connectivity index (χ1v) is 8.80. The van der Waals surface area contributed by atoms with Gasteiger partial charge in [0.15, 0.2) is 0 Å². The molecule has 3 rings (SSSR count). The number of ether oxygens (including phenoxy) is 2. The number of carbonyl (C=O) groups excluding carboxylic acids is 1. The van der Waals surface area contributed by atoms with E-state index < -0.39 is 0 Å². The number of nitrogens with zero attached hydrogens (tertiary/aromatic N) is 1. The molecule has 0 fully saturated rings. The van der Waals surface area contributed by atoms with Crippen LogP contribution in [0.15, 0.2) is 42.5 Å². The van der Waals surface area contributed by atoms with Crippen molar-refractivity contribution in [3.05, 3.63) is 53.7 Å². The van der Waals surface area contributed by atoms with Crippen LogP contribution in [0.2, 0.25) is 0 Å². The third-order valence-corrected chi connectivity index (χ3v) is 4.46. The third-order valence-electron chi connectivity index (χ3n) is 4.46. The van der Waals surface area contributed by atoms with E-state index in [0.717, 1.165) is 22.2 Å². The van der Waals surface area contributed by atoms with Gasteiger partial charge in [-0.2, -0.15) is 0 Å². The van der Waals surface area contributed by atoms with Gasteiger partial charge in [-0.3, -0.25) is 4.79 Å². The van der Waals surface area contributed by atoms with Gasteiger partial charge in [-0.1, -0.05) is 6.07 Å². The zero-order valence-electron chi connectivity index (χ0n) is 15.6. The Morgan fingerprint density at radius 2 is 1.92 bits per heavy atom. The topological polar surface area (TPSA) is 52.5 Å². The van der Waals surface area contributed by atoms with Crippen molar-refractivity contribution in [1.29, 1.82) is 0 Å². The number of methoxy groups -OCH3 is 1. The van der Waals surface area contributed by atoms with Crippen LogP contribution in [0.5, 0.6) is 11.5 Å². The molecule has 2 aromatic carbocycles. The number of hydrogen-bond donors (Lipinski definition) is 1. The van der Waals surface area contributed by atoms with Crippen LogP contribution >= 0.6 is 0 Å². The van der Waals surface area contributed by atoms with Crippen LogP contribution in [-0.4, -0.2) is 24.2 Å². The van der Waals surface area contributed by atoms with Crippen LogP contribution in [0.3, 0.4) is 0 Å². The van der Waals surface area contributed by atoms with Gasteiger partial charge in [0.2, 0.25) is 0 Å². The second kappa shape index (κ2) is 7.52. The predicted molar refractivity (Wildman–Crippen MR) is 104 cm³/mol. The minimum absolute atomic E-state index is 0.133. The smallest absolute Gasteiger partial charge is 0.272 e. The molecule has 0 radical (unpaired) electrons. The first-order valence-electron chi connectivity index (χ1n) is 8.80. The molecule has 0 atom stereocenters. The zero-order chi connectivity index (χ0) is 18.7. The first kappa shape index (κ1) is 17.9. The van der Waals surface area contributed by atoms with E-state index in [0.29, 0.717) is 30.3 Å². The molecule has 136 valence electrons. The fraction of sp³-hybridized carbons (Fsp3) is 0.286. The lowest BCUT2D eigenvalue weighted by Gasteiger charge is -2.10. The van der Waals surface area contributed by atoms with Crippen LogP contribution in [0.4, 0.5) is 5.69 Å². The van der Waals surface area contributed by atoms with Crippen LogP contribution in [-0.2, 0) is 6.54 Å². The molecule has 0 aliphatic carbocycles. The molecular weight excluding hydrogens is 328 g/mol. The van der Waals surface area contributed by atoms with E-state index in [9.17, 15) is 4.79 Å². The lowest BCUT2D eigenvalue weighted by molar-refractivity contribution is 0.101. The van der Waals surface area contributed by atoms with E-state index in [1.807, 2.05) is 61.7 Å². The van der Waals surface area contributed by atoms with E-state index >= 15 is 0 Å². The summed E-state index contributed by atoms with van der Waals surface area (Å²) in [7, 11) is 1.61. The molecule has 0 saturated carbocycles. The number of amides is 1. The molecule has 0 unspecified atom stereocenters. The molecule has 5 heteroatoms. The Labute approximate surface area is 153 Å². The summed E-state index contributed by atoms with van der Waals surface area (Å²) in [5.74, 6) is 1.39. The van der Waals surface area contributed by atoms with E-state index in [1.165, 1.54) is 0 Å². The van der Waals surface area contributed by atoms with Crippen molar-refractivity contribution >= 4 is 22.5 Å². The van der Waals surface area contributed by atoms with Gasteiger partial charge in [-0.05, 0) is 56.7 Å². The van der Waals surface area contributed by atoms with Crippen molar-refractivity contribution in [2.75, 3.05) is 19.0 Å². The summed E-state index contributed by atoms with van der Waals surface area (Å²) in [5.41, 5.74) is 3.35. The summed E-state index contributed by atoms with van der Waals surface area (Å²) in [6, 6.07) is 13.3. The number of hydrogen-bond acceptors (Lipinski definition) is 3. The average molecular weight is 352 g/mol. The zero-order valence-corrected chi connectivity index (χ0v) is 15.6. The SMILES string of the molecule is CCOc1ccc2c(c1)c(C)c(C(=O)Nc1cccc(OC)c1)n2CC. The molecule has 5 nitrogen and oxygen atoms in total. The first-order chi connectivity index (χ1) is 12.6. The number of fused-ring (bicyclic) bond motifs is 1. The second-order valence-corrected chi connectivity index (χ2v) is 6.02. The molecule has 1 aromatic heterocycles. The monoisotopic (exact) mass is 352 g/mol. The number of rotatable bonds is 6. The summed E-state index contributed by atoms with van der Waals surface area (Å²) < 4.78 is 12.9. The maximum Gasteiger partial charge on any atom is 0.272 e. The van der Waals surface area contributed by atoms with Gasteiger partial charge in [0.1, 0.15) is 17.2 Å². The van der Waals surface area contributed by atoms with Crippen molar-refractivity contribution in [3.8, 4) is 11.5 Å². The maximum atomic E-state index is 13.0. The maximum absolute atomic E-state index is 13.0. The summed E-state index contributed by atoms with van der Waals surface area (Å²) in [6.45, 7) is 7.30. The van der Waals surface area contributed by atoms with Gasteiger partial charge in [0, 0.05) is 29.2 Å². The molecule has 1 heterocycles. The molecular formula is C21H24N2O3. The van der Waals surface area contributed by atoms with E-state index in [1.54, 1.807) is 13.2 Å². The number of aryl methyl sites for hydroxylation is 2. The molecule has 0 aliphatic rings. The lowest BCUT2D eigenvalue weighted by Crippen LogP contribution is -2.17. The Morgan fingerprint density at radius 1 is 1.12 bits per heavy atom. The number of aromatic nitrogens is 1. The molecule has 26 heavy (non-hydrogen) atoms. The van der Waals surface area contributed by atoms with Crippen molar-refractivity contribution in [3.63, 3.8) is 0 Å². The van der Waals surface area contributed by atoms with Crippen LogP contribution < -0.4 is 14.8 Å². The standard InChI is InChI=1S/C21H24N2O3/c1-5-23-19-11-10-17(26-6-2)13-18(19)14(3)20(23)21(24)22-15-8-7-9-16(12-15)25-4/h7-13H,5-6H2,1-4H3,(H,22,24). The molecule has 0 bridgehead atoms. The molecule has 0 spiro atoms. The van der Waals surface area contributed by atoms with Crippen molar-refractivity contribution in [2.24, 2.45) is 0 Å². The normalized spacial score (nSPS) is 10.8. The number of carbonyl (C=O) groups is 1. The Balaban J connectivity index is 2.02. The number of anilines is 1. The van der Waals surface area contributed by atoms with Crippen molar-refractivity contribution < 1.29 is 14.3 Å². The van der Waals surface area contributed by atoms with Gasteiger partial charge >= 0.3 is 0 Å². The third kappa shape index (κ3) is 3.25. The van der Waals surface area contributed by atoms with Crippen LogP contribution in [0.1, 0.15) is 29.9 Å². The molecule has 1 N–H and O–H groups in total. The van der Waals surface area contributed by atoms with Crippen LogP contribution in [0, 0.1) is 6.92 Å². The van der Waals surface area contributed by atoms with Gasteiger partial charge in [-0.15, -0.1) is 0 Å². The lowest BCUT2D eigenvalue weighted by atomic mass is 10.1. The number of benzene rings is 2. The molecule has 1 amide bonds. The highest BCUT2D eigenvalue weighted by molar-refractivity contribution is 6.08. The van der Waals surface area contributed by atoms with Crippen molar-refractivity contribution in [1.82, 2.24) is 4.57 Å². The summed E-state index contributed by atoms with van der Waals surface area (Å²) >= 11 is 0. The molecule has 3 aromatic rings. The van der Waals surface area contributed by atoms with Gasteiger partial charge < -0.3 is 19.4 Å². The minimum atomic E-state index is -0.133. The van der Waals surface area contributed by atoms with Gasteiger partial charge in [0.25, 0.3) is 5.91 Å². The predicted octanol–water partition coefficient (Wildman–Crippen LogP) is 4.63. The fourth-order valence-electron chi connectivity index (χ4n) is 3.27. The summed E-state index contributed by atoms with van der Waals surface area (Å²) in [4.78, 5) is 13.0. The summed E-state index contributed by atoms with van der Waals surface area (Å²) in [6.07, 6.45) is 0. The Bertz CT molecular complexity index is 944. The van der Waals surface area contributed by atoms with Crippen molar-refractivity contribution in [2.45, 2.75) is 27.3 Å². The van der Waals surface area contributed by atoms with Gasteiger partial charge in [0.05, 0.1) is 13.7 Å².